The first-order valence-corrected chi connectivity index (χ1v) is 13.0. The van der Waals surface area contributed by atoms with E-state index in [-0.39, 0.29) is 23.4 Å². The molecule has 0 aliphatic rings. The Morgan fingerprint density at radius 1 is 0.714 bits per heavy atom. The fourth-order valence-electron chi connectivity index (χ4n) is 3.93. The van der Waals surface area contributed by atoms with Crippen LogP contribution in [-0.2, 0) is 4.79 Å². The van der Waals surface area contributed by atoms with E-state index in [2.05, 4.69) is 19.1 Å². The van der Waals surface area contributed by atoms with E-state index in [1.54, 1.807) is 24.3 Å². The molecule has 0 bridgehead atoms. The molecule has 0 aliphatic heterocycles. The van der Waals surface area contributed by atoms with Crippen molar-refractivity contribution in [1.29, 1.82) is 0 Å². The van der Waals surface area contributed by atoms with Gasteiger partial charge in [-0.05, 0) is 56.4 Å². The largest absolute Gasteiger partial charge is 0.475 e. The van der Waals surface area contributed by atoms with Crippen molar-refractivity contribution in [3.05, 3.63) is 72.8 Å². The summed E-state index contributed by atoms with van der Waals surface area (Å²) in [6.07, 6.45) is 19.0. The van der Waals surface area contributed by atoms with Crippen LogP contribution < -0.4 is 9.47 Å². The zero-order valence-corrected chi connectivity index (χ0v) is 22.9. The molecular formula is C30H43BrO4. The lowest BCUT2D eigenvalue weighted by Gasteiger charge is -2.31. The first-order chi connectivity index (χ1) is 16.7. The number of hydrogen-bond acceptors (Lipinski definition) is 3. The number of carboxylic acids is 1. The molecule has 0 spiro atoms. The van der Waals surface area contributed by atoms with E-state index in [1.165, 1.54) is 44.9 Å². The maximum atomic E-state index is 12.3. The van der Waals surface area contributed by atoms with Crippen molar-refractivity contribution in [3.8, 4) is 11.5 Å². The summed E-state index contributed by atoms with van der Waals surface area (Å²) in [4.78, 5) is 12.3. The molecule has 2 aromatic carbocycles. The van der Waals surface area contributed by atoms with Gasteiger partial charge in [0.25, 0.3) is 0 Å². The molecule has 4 nitrogen and oxygen atoms in total. The van der Waals surface area contributed by atoms with Crippen LogP contribution in [0.25, 0.3) is 0 Å². The number of allylic oxidation sites excluding steroid dienone is 2. The minimum Gasteiger partial charge on any atom is -0.475 e. The van der Waals surface area contributed by atoms with Gasteiger partial charge in [0.15, 0.2) is 0 Å². The van der Waals surface area contributed by atoms with Crippen molar-refractivity contribution < 1.29 is 19.4 Å². The van der Waals surface area contributed by atoms with E-state index in [0.717, 1.165) is 25.7 Å². The maximum absolute atomic E-state index is 12.3. The van der Waals surface area contributed by atoms with Crippen LogP contribution in [0.4, 0.5) is 0 Å². The van der Waals surface area contributed by atoms with Gasteiger partial charge in [0, 0.05) is 6.42 Å². The molecule has 0 aromatic heterocycles. The normalized spacial score (nSPS) is 11.2. The zero-order valence-electron chi connectivity index (χ0n) is 21.2. The van der Waals surface area contributed by atoms with Gasteiger partial charge in [-0.2, -0.15) is 0 Å². The molecule has 35 heavy (non-hydrogen) atoms. The highest BCUT2D eigenvalue weighted by atomic mass is 79.9. The highest BCUT2D eigenvalue weighted by Gasteiger charge is 2.43. The van der Waals surface area contributed by atoms with E-state index in [1.807, 2.05) is 36.4 Å². The number of rotatable bonds is 19. The Morgan fingerprint density at radius 3 is 1.60 bits per heavy atom. The molecule has 0 heterocycles. The highest BCUT2D eigenvalue weighted by Crippen LogP contribution is 2.28. The van der Waals surface area contributed by atoms with E-state index >= 15 is 0 Å². The molecule has 0 amide bonds. The Bertz CT molecular complexity index is 766. The minimum atomic E-state index is -1.75. The number of carboxylic acid groups (broad SMARTS) is 1. The van der Waals surface area contributed by atoms with Gasteiger partial charge in [-0.1, -0.05) is 100 Å². The summed E-state index contributed by atoms with van der Waals surface area (Å²) in [7, 11) is 0. The van der Waals surface area contributed by atoms with Crippen molar-refractivity contribution in [2.45, 2.75) is 96.2 Å². The predicted molar refractivity (Wildman–Crippen MR) is 150 cm³/mol. The molecule has 0 unspecified atom stereocenters. The van der Waals surface area contributed by atoms with Gasteiger partial charge >= 0.3 is 11.8 Å². The van der Waals surface area contributed by atoms with Crippen molar-refractivity contribution in [3.63, 3.8) is 0 Å². The Labute approximate surface area is 222 Å². The third-order valence-corrected chi connectivity index (χ3v) is 5.90. The molecule has 0 fully saturated rings. The molecular weight excluding hydrogens is 504 g/mol. The molecule has 0 radical (unpaired) electrons. The molecule has 2 aromatic rings. The SMILES string of the molecule is Br.CCCCCCCC/C=C\CCCCCCC(Oc1ccccc1)(Oc1ccccc1)C(=O)O. The van der Waals surface area contributed by atoms with Crippen LogP contribution in [0, 0.1) is 0 Å². The average molecular weight is 548 g/mol. The lowest BCUT2D eigenvalue weighted by Crippen LogP contribution is -2.50. The lowest BCUT2D eigenvalue weighted by atomic mass is 10.0. The van der Waals surface area contributed by atoms with Gasteiger partial charge < -0.3 is 14.6 Å². The number of ether oxygens (including phenoxy) is 2. The summed E-state index contributed by atoms with van der Waals surface area (Å²) >= 11 is 0. The third kappa shape index (κ3) is 12.8. The summed E-state index contributed by atoms with van der Waals surface area (Å²) < 4.78 is 11.9. The topological polar surface area (TPSA) is 55.8 Å². The third-order valence-electron chi connectivity index (χ3n) is 5.90. The number of hydrogen-bond donors (Lipinski definition) is 1. The van der Waals surface area contributed by atoms with Crippen LogP contribution in [-0.4, -0.2) is 16.9 Å². The van der Waals surface area contributed by atoms with E-state index in [9.17, 15) is 9.90 Å². The number of carbonyl (C=O) groups is 1. The van der Waals surface area contributed by atoms with Gasteiger partial charge in [0.1, 0.15) is 11.5 Å². The Morgan fingerprint density at radius 2 is 1.14 bits per heavy atom. The molecule has 194 valence electrons. The predicted octanol–water partition coefficient (Wildman–Crippen LogP) is 9.15. The second kappa shape index (κ2) is 19.0. The summed E-state index contributed by atoms with van der Waals surface area (Å²) in [6.45, 7) is 2.25. The number of aliphatic carboxylic acids is 1. The van der Waals surface area contributed by atoms with Crippen LogP contribution in [0.3, 0.4) is 0 Å². The van der Waals surface area contributed by atoms with Crippen molar-refractivity contribution in [1.82, 2.24) is 0 Å². The van der Waals surface area contributed by atoms with Crippen molar-refractivity contribution in [2.75, 3.05) is 0 Å². The van der Waals surface area contributed by atoms with Crippen LogP contribution in [0.1, 0.15) is 90.4 Å². The fraction of sp³-hybridized carbons (Fsp3) is 0.500. The van der Waals surface area contributed by atoms with Crippen molar-refractivity contribution >= 4 is 23.0 Å². The number of halogens is 1. The fourth-order valence-corrected chi connectivity index (χ4v) is 3.93. The number of para-hydroxylation sites is 2. The Balaban J connectivity index is 0.00000612. The van der Waals surface area contributed by atoms with Gasteiger partial charge in [-0.25, -0.2) is 4.79 Å². The smallest absolute Gasteiger partial charge is 0.390 e. The average Bonchev–Trinajstić information content (AvgIpc) is 2.85. The van der Waals surface area contributed by atoms with Crippen LogP contribution in [0.2, 0.25) is 0 Å². The second-order valence-electron chi connectivity index (χ2n) is 8.87. The van der Waals surface area contributed by atoms with Gasteiger partial charge in [-0.15, -0.1) is 17.0 Å². The van der Waals surface area contributed by atoms with E-state index in [0.29, 0.717) is 17.9 Å². The molecule has 0 saturated heterocycles. The molecule has 0 saturated carbocycles. The molecule has 2 rings (SSSR count). The van der Waals surface area contributed by atoms with Gasteiger partial charge in [0.2, 0.25) is 0 Å². The maximum Gasteiger partial charge on any atom is 0.390 e. The summed E-state index contributed by atoms with van der Waals surface area (Å²) in [5, 5.41) is 10.1. The van der Waals surface area contributed by atoms with E-state index in [4.69, 9.17) is 9.47 Å². The first-order valence-electron chi connectivity index (χ1n) is 13.0. The van der Waals surface area contributed by atoms with Crippen LogP contribution >= 0.6 is 17.0 Å². The van der Waals surface area contributed by atoms with Crippen molar-refractivity contribution in [2.24, 2.45) is 0 Å². The molecule has 1 N–H and O–H groups in total. The summed E-state index contributed by atoms with van der Waals surface area (Å²) in [6, 6.07) is 18.1. The van der Waals surface area contributed by atoms with E-state index < -0.39 is 11.8 Å². The standard InChI is InChI=1S/C30H42O4.BrH/c1-2-3-4-5-6-7-8-9-10-11-12-13-14-21-26-30(29(31)32,33-27-22-17-15-18-23-27)34-28-24-19-16-20-25-28;/h9-10,15-20,22-25H,2-8,11-14,21,26H2,1H3,(H,31,32);1H/b10-9-;. The molecule has 0 aliphatic carbocycles. The Hall–Kier alpha value is -2.27. The Kier molecular flexibility index (Phi) is 16.7. The molecule has 0 atom stereocenters. The number of unbranched alkanes of at least 4 members (excludes halogenated alkanes) is 10. The molecule has 5 heteroatoms. The second-order valence-corrected chi connectivity index (χ2v) is 8.87. The van der Waals surface area contributed by atoms with Crippen LogP contribution in [0.15, 0.2) is 72.8 Å². The number of benzene rings is 2. The first kappa shape index (κ1) is 30.8. The zero-order chi connectivity index (χ0) is 24.3. The lowest BCUT2D eigenvalue weighted by molar-refractivity contribution is -0.187. The highest BCUT2D eigenvalue weighted by molar-refractivity contribution is 8.93. The van der Waals surface area contributed by atoms with Gasteiger partial charge in [0.05, 0.1) is 0 Å². The summed E-state index contributed by atoms with van der Waals surface area (Å²) in [5.41, 5.74) is 0. The summed E-state index contributed by atoms with van der Waals surface area (Å²) in [5.74, 6) is -1.90. The van der Waals surface area contributed by atoms with Crippen LogP contribution in [0.5, 0.6) is 11.5 Å². The quantitative estimate of drug-likeness (QED) is 0.108. The monoisotopic (exact) mass is 546 g/mol. The van der Waals surface area contributed by atoms with Gasteiger partial charge in [-0.3, -0.25) is 0 Å². The minimum absolute atomic E-state index is 0.